The third-order valence-electron chi connectivity index (χ3n) is 7.73. The third-order valence-corrected chi connectivity index (χ3v) is 9.26. The molecule has 43 heavy (non-hydrogen) atoms. The lowest BCUT2D eigenvalue weighted by Gasteiger charge is -2.38. The second-order valence-corrected chi connectivity index (χ2v) is 12.3. The van der Waals surface area contributed by atoms with E-state index in [-0.39, 0.29) is 41.4 Å². The highest BCUT2D eigenvalue weighted by Crippen LogP contribution is 2.30. The number of fused-ring (bicyclic) bond motifs is 1. The second kappa shape index (κ2) is 13.2. The number of ketones is 1. The van der Waals surface area contributed by atoms with Gasteiger partial charge in [0.25, 0.3) is 0 Å². The van der Waals surface area contributed by atoms with Crippen LogP contribution in [-0.2, 0) is 27.2 Å². The van der Waals surface area contributed by atoms with Crippen molar-refractivity contribution in [3.63, 3.8) is 0 Å². The highest BCUT2D eigenvalue weighted by Gasteiger charge is 2.49. The molecular weight excluding hydrogens is 611 g/mol. The number of aromatic nitrogens is 1. The fourth-order valence-corrected chi connectivity index (χ4v) is 6.57. The van der Waals surface area contributed by atoms with Gasteiger partial charge in [0.2, 0.25) is 23.5 Å². The first-order valence-electron chi connectivity index (χ1n) is 13.8. The topological polar surface area (TPSA) is 150 Å². The summed E-state index contributed by atoms with van der Waals surface area (Å²) in [4.78, 5) is 60.6. The van der Waals surface area contributed by atoms with Gasteiger partial charge < -0.3 is 20.9 Å². The van der Waals surface area contributed by atoms with Crippen molar-refractivity contribution in [2.45, 2.75) is 50.2 Å². The quantitative estimate of drug-likeness (QED) is 0.166. The minimum Gasteiger partial charge on any atom is -0.384 e. The smallest absolute Gasteiger partial charge is 0.245 e. The van der Waals surface area contributed by atoms with E-state index < -0.39 is 24.0 Å². The number of amides is 3. The van der Waals surface area contributed by atoms with Gasteiger partial charge in [-0.25, -0.2) is 4.98 Å². The zero-order valence-corrected chi connectivity index (χ0v) is 25.4. The Balaban J connectivity index is 1.25. The van der Waals surface area contributed by atoms with Gasteiger partial charge in [-0.05, 0) is 55.0 Å². The van der Waals surface area contributed by atoms with Gasteiger partial charge in [-0.2, -0.15) is 0 Å². The number of Topliss-reactive ketones (excluding diaryl/α,β-unsaturated/α-hetero) is 1. The van der Waals surface area contributed by atoms with Crippen LogP contribution in [0.2, 0.25) is 10.0 Å². The van der Waals surface area contributed by atoms with E-state index in [4.69, 9.17) is 34.3 Å². The first-order chi connectivity index (χ1) is 20.6. The summed E-state index contributed by atoms with van der Waals surface area (Å²) in [5.41, 5.74) is 7.82. The van der Waals surface area contributed by atoms with Crippen LogP contribution in [0.25, 0.3) is 0 Å². The highest BCUT2D eigenvalue weighted by atomic mass is 35.5. The fourth-order valence-electron chi connectivity index (χ4n) is 5.62. The van der Waals surface area contributed by atoms with Gasteiger partial charge >= 0.3 is 0 Å². The molecule has 5 rings (SSSR count). The number of hydrogen-bond donors (Lipinski definition) is 3. The second-order valence-electron chi connectivity index (χ2n) is 10.6. The summed E-state index contributed by atoms with van der Waals surface area (Å²) in [5, 5.41) is 13.4. The maximum atomic E-state index is 13.6. The van der Waals surface area contributed by atoms with Gasteiger partial charge in [0.1, 0.15) is 17.9 Å². The molecule has 0 spiro atoms. The molecule has 10 nitrogen and oxygen atoms in total. The molecule has 224 valence electrons. The number of benzene rings is 2. The number of nitrogen functional groups attached to an aromatic ring is 1. The average Bonchev–Trinajstić information content (AvgIpc) is 3.68. The van der Waals surface area contributed by atoms with Crippen LogP contribution in [0.5, 0.6) is 0 Å². The molecule has 0 radical (unpaired) electrons. The Morgan fingerprint density at radius 1 is 1.12 bits per heavy atom. The molecule has 13 heteroatoms. The number of aryl methyl sites for hydroxylation is 1. The zero-order valence-electron chi connectivity index (χ0n) is 23.1. The molecule has 2 saturated heterocycles. The fraction of sp³-hybridized carbons (Fsp3) is 0.333. The number of hydrogen-bond acceptors (Lipinski definition) is 7. The van der Waals surface area contributed by atoms with Crippen molar-refractivity contribution in [3.05, 3.63) is 85.8 Å². The molecule has 3 unspecified atom stereocenters. The van der Waals surface area contributed by atoms with Gasteiger partial charge in [-0.15, -0.1) is 11.3 Å². The molecule has 2 aliphatic rings. The lowest BCUT2D eigenvalue weighted by atomic mass is 9.99. The minimum absolute atomic E-state index is 0.109. The first kappa shape index (κ1) is 30.7. The van der Waals surface area contributed by atoms with Crippen molar-refractivity contribution in [1.29, 1.82) is 5.41 Å². The SMILES string of the molecule is N=C(N)c1cccc(CC(NC(=O)C2CCC3C(=O)N(CCCc4ccc(Cl)c(Cl)c4)CC(=O)N23)C(=O)c2nccs2)c1. The van der Waals surface area contributed by atoms with Crippen molar-refractivity contribution < 1.29 is 19.2 Å². The number of amidine groups is 1. The molecule has 1 aromatic heterocycles. The predicted molar refractivity (Wildman–Crippen MR) is 165 cm³/mol. The molecule has 0 saturated carbocycles. The van der Waals surface area contributed by atoms with E-state index in [0.717, 1.165) is 5.56 Å². The van der Waals surface area contributed by atoms with Gasteiger partial charge in [-0.3, -0.25) is 24.6 Å². The van der Waals surface area contributed by atoms with Gasteiger partial charge in [-0.1, -0.05) is 47.5 Å². The van der Waals surface area contributed by atoms with Crippen molar-refractivity contribution in [1.82, 2.24) is 20.1 Å². The molecule has 3 atom stereocenters. The van der Waals surface area contributed by atoms with E-state index in [2.05, 4.69) is 10.3 Å². The Bertz CT molecular complexity index is 1570. The van der Waals surface area contributed by atoms with Crippen LogP contribution in [0, 0.1) is 5.41 Å². The Kier molecular flexibility index (Phi) is 9.43. The number of nitrogens with one attached hydrogen (secondary N) is 2. The summed E-state index contributed by atoms with van der Waals surface area (Å²) >= 11 is 13.3. The molecule has 2 fully saturated rings. The number of piperazine rings is 1. The summed E-state index contributed by atoms with van der Waals surface area (Å²) in [6.45, 7) is 0.287. The molecule has 2 aliphatic heterocycles. The summed E-state index contributed by atoms with van der Waals surface area (Å²) < 4.78 is 0. The van der Waals surface area contributed by atoms with Crippen LogP contribution in [0.3, 0.4) is 0 Å². The first-order valence-corrected chi connectivity index (χ1v) is 15.5. The molecule has 0 bridgehead atoms. The standard InChI is InChI=1S/C30H30Cl2N6O4S/c31-20-7-6-17(14-21(20)32)4-2-11-37-16-25(39)38-23(8-9-24(38)30(37)42)28(41)36-22(26(40)29-35-10-12-43-29)15-18-3-1-5-19(13-18)27(33)34/h1,3,5-7,10,12-14,22-24H,2,4,8-9,11,15-16H2,(H3,33,34)(H,36,41). The zero-order chi connectivity index (χ0) is 30.7. The number of thiazole rings is 1. The van der Waals surface area contributed by atoms with Gasteiger partial charge in [0.05, 0.1) is 22.6 Å². The van der Waals surface area contributed by atoms with Crippen LogP contribution in [-0.4, -0.2) is 75.3 Å². The molecule has 3 amide bonds. The Labute approximate surface area is 262 Å². The number of carbonyl (C=O) groups excluding carboxylic acids is 4. The summed E-state index contributed by atoms with van der Waals surface area (Å²) in [6.07, 6.45) is 3.63. The van der Waals surface area contributed by atoms with E-state index >= 15 is 0 Å². The average molecular weight is 642 g/mol. The van der Waals surface area contributed by atoms with Crippen molar-refractivity contribution >= 4 is 63.9 Å². The Morgan fingerprint density at radius 2 is 1.93 bits per heavy atom. The number of rotatable bonds is 11. The van der Waals surface area contributed by atoms with Gasteiger partial charge in [0.15, 0.2) is 5.01 Å². The van der Waals surface area contributed by atoms with Crippen LogP contribution in [0.15, 0.2) is 54.0 Å². The van der Waals surface area contributed by atoms with Crippen molar-refractivity contribution in [3.8, 4) is 0 Å². The van der Waals surface area contributed by atoms with E-state index in [1.165, 1.54) is 22.4 Å². The number of halogens is 2. The van der Waals surface area contributed by atoms with Crippen LogP contribution >= 0.6 is 34.5 Å². The molecule has 4 N–H and O–H groups in total. The molecule has 3 aromatic rings. The summed E-state index contributed by atoms with van der Waals surface area (Å²) in [6, 6.07) is 9.76. The lowest BCUT2D eigenvalue weighted by Crippen LogP contribution is -2.62. The Morgan fingerprint density at radius 3 is 2.65 bits per heavy atom. The van der Waals surface area contributed by atoms with E-state index in [9.17, 15) is 19.2 Å². The summed E-state index contributed by atoms with van der Waals surface area (Å²) in [5.74, 6) is -1.44. The van der Waals surface area contributed by atoms with Crippen LogP contribution in [0.4, 0.5) is 0 Å². The van der Waals surface area contributed by atoms with Crippen LogP contribution in [0.1, 0.15) is 45.8 Å². The van der Waals surface area contributed by atoms with Crippen LogP contribution < -0.4 is 11.1 Å². The van der Waals surface area contributed by atoms with Gasteiger partial charge in [0, 0.05) is 30.1 Å². The summed E-state index contributed by atoms with van der Waals surface area (Å²) in [7, 11) is 0. The number of nitrogens with two attached hydrogens (primary N) is 1. The molecule has 3 heterocycles. The van der Waals surface area contributed by atoms with Crippen molar-refractivity contribution in [2.24, 2.45) is 5.73 Å². The monoisotopic (exact) mass is 640 g/mol. The predicted octanol–water partition coefficient (Wildman–Crippen LogP) is 3.48. The van der Waals surface area contributed by atoms with Crippen molar-refractivity contribution in [2.75, 3.05) is 13.1 Å². The maximum absolute atomic E-state index is 13.6. The van der Waals surface area contributed by atoms with E-state index in [0.29, 0.717) is 53.4 Å². The minimum atomic E-state index is -0.964. The van der Waals surface area contributed by atoms with E-state index in [1.54, 1.807) is 46.7 Å². The maximum Gasteiger partial charge on any atom is 0.245 e. The lowest BCUT2D eigenvalue weighted by molar-refractivity contribution is -0.157. The normalized spacial score (nSPS) is 18.8. The number of nitrogens with zero attached hydrogens (tertiary/aromatic N) is 3. The largest absolute Gasteiger partial charge is 0.384 e. The molecule has 0 aliphatic carbocycles. The number of carbonyl (C=O) groups is 4. The van der Waals surface area contributed by atoms with E-state index in [1.807, 2.05) is 6.07 Å². The third kappa shape index (κ3) is 6.90. The highest BCUT2D eigenvalue weighted by molar-refractivity contribution is 7.11. The Hall–Kier alpha value is -3.80. The molecular formula is C30H30Cl2N6O4S. The molecule has 2 aromatic carbocycles.